The van der Waals surface area contributed by atoms with Gasteiger partial charge in [0.2, 0.25) is 5.91 Å². The summed E-state index contributed by atoms with van der Waals surface area (Å²) in [6, 6.07) is 17.5. The summed E-state index contributed by atoms with van der Waals surface area (Å²) in [7, 11) is 0. The third kappa shape index (κ3) is 5.56. The van der Waals surface area contributed by atoms with Crippen LogP contribution in [0.5, 0.6) is 0 Å². The zero-order valence-electron chi connectivity index (χ0n) is 25.1. The summed E-state index contributed by atoms with van der Waals surface area (Å²) in [4.78, 5) is 30.0. The highest BCUT2D eigenvalue weighted by Crippen LogP contribution is 2.37. The number of benzene rings is 3. The fourth-order valence-corrected chi connectivity index (χ4v) is 6.89. The van der Waals surface area contributed by atoms with E-state index < -0.39 is 24.2 Å². The SMILES string of the molecule is NC(=O)n1cc(N2CCN3CC[C@@H](C(=O)NCc4cccc(Cl)c4F)N3[C@H]2O)c2ccc(-c3ccc(N4CCOCC4)cc3)cc21. The topological polar surface area (TPSA) is 120 Å². The molecule has 1 aromatic heterocycles. The van der Waals surface area contributed by atoms with Crippen molar-refractivity contribution in [3.05, 3.63) is 83.3 Å². The Balaban J connectivity index is 1.13. The van der Waals surface area contributed by atoms with E-state index in [1.807, 2.05) is 23.2 Å². The lowest BCUT2D eigenvalue weighted by Crippen LogP contribution is -2.64. The Hall–Kier alpha value is -4.20. The molecule has 3 aliphatic rings. The molecule has 0 spiro atoms. The highest BCUT2D eigenvalue weighted by Gasteiger charge is 2.45. The van der Waals surface area contributed by atoms with Crippen LogP contribution in [0.1, 0.15) is 12.0 Å². The molecule has 3 aromatic carbocycles. The number of nitrogens with one attached hydrogen (secondary N) is 1. The number of nitrogens with two attached hydrogens (primary N) is 1. The summed E-state index contributed by atoms with van der Waals surface area (Å²) in [5, 5.41) is 18.8. The number of aliphatic hydroxyl groups excluding tert-OH is 1. The molecular weight excluding hydrogens is 613 g/mol. The van der Waals surface area contributed by atoms with Crippen LogP contribution in [-0.4, -0.2) is 90.0 Å². The van der Waals surface area contributed by atoms with Gasteiger partial charge in [0.25, 0.3) is 0 Å². The number of fused-ring (bicyclic) bond motifs is 2. The lowest BCUT2D eigenvalue weighted by molar-refractivity contribution is -0.162. The molecule has 0 unspecified atom stereocenters. The van der Waals surface area contributed by atoms with E-state index in [1.54, 1.807) is 28.2 Å². The minimum Gasteiger partial charge on any atom is -0.378 e. The molecule has 4 heterocycles. The van der Waals surface area contributed by atoms with E-state index in [2.05, 4.69) is 34.5 Å². The molecule has 13 heteroatoms. The van der Waals surface area contributed by atoms with Crippen molar-refractivity contribution in [3.8, 4) is 11.1 Å². The highest BCUT2D eigenvalue weighted by molar-refractivity contribution is 6.30. The van der Waals surface area contributed by atoms with Gasteiger partial charge in [-0.15, -0.1) is 0 Å². The Bertz CT molecular complexity index is 1780. The fraction of sp³-hybridized carbons (Fsp3) is 0.333. The molecule has 46 heavy (non-hydrogen) atoms. The van der Waals surface area contributed by atoms with Crippen molar-refractivity contribution in [2.75, 3.05) is 55.7 Å². The van der Waals surface area contributed by atoms with Gasteiger partial charge in [-0.05, 0) is 41.8 Å². The molecule has 0 aliphatic carbocycles. The summed E-state index contributed by atoms with van der Waals surface area (Å²) >= 11 is 5.90. The number of ether oxygens (including phenoxy) is 1. The fourth-order valence-electron chi connectivity index (χ4n) is 6.70. The monoisotopic (exact) mass is 647 g/mol. The third-order valence-electron chi connectivity index (χ3n) is 9.12. The second kappa shape index (κ2) is 12.5. The molecule has 4 aromatic rings. The molecular formula is C33H35ClFN7O4. The zero-order valence-corrected chi connectivity index (χ0v) is 25.9. The number of aromatic nitrogens is 1. The quantitative estimate of drug-likeness (QED) is 0.291. The molecule has 2 atom stereocenters. The second-order valence-corrected chi connectivity index (χ2v) is 12.1. The number of morpholine rings is 1. The number of nitrogens with zero attached hydrogens (tertiary/aromatic N) is 5. The van der Waals surface area contributed by atoms with Crippen molar-refractivity contribution in [1.29, 1.82) is 0 Å². The van der Waals surface area contributed by atoms with Gasteiger partial charge in [0.15, 0.2) is 6.35 Å². The number of halogens is 2. The maximum atomic E-state index is 14.4. The van der Waals surface area contributed by atoms with Gasteiger partial charge >= 0.3 is 6.03 Å². The number of anilines is 2. The van der Waals surface area contributed by atoms with Crippen LogP contribution in [0.4, 0.5) is 20.6 Å². The molecule has 3 fully saturated rings. The summed E-state index contributed by atoms with van der Waals surface area (Å²) in [6.07, 6.45) is 0.949. The summed E-state index contributed by atoms with van der Waals surface area (Å²) in [6.45, 7) is 4.71. The minimum absolute atomic E-state index is 0.00943. The Morgan fingerprint density at radius 1 is 1.00 bits per heavy atom. The van der Waals surface area contributed by atoms with E-state index in [4.69, 9.17) is 22.1 Å². The Morgan fingerprint density at radius 2 is 1.76 bits per heavy atom. The van der Waals surface area contributed by atoms with E-state index in [-0.39, 0.29) is 23.0 Å². The maximum absolute atomic E-state index is 14.4. The van der Waals surface area contributed by atoms with Gasteiger partial charge in [0, 0.05) is 62.1 Å². The molecule has 2 amide bonds. The van der Waals surface area contributed by atoms with Crippen LogP contribution in [0.15, 0.2) is 66.9 Å². The first-order valence-electron chi connectivity index (χ1n) is 15.4. The average Bonchev–Trinajstić information content (AvgIpc) is 3.69. The zero-order chi connectivity index (χ0) is 31.9. The molecule has 0 radical (unpaired) electrons. The van der Waals surface area contributed by atoms with Crippen LogP contribution in [-0.2, 0) is 16.1 Å². The number of amides is 2. The van der Waals surface area contributed by atoms with Crippen molar-refractivity contribution in [1.82, 2.24) is 19.9 Å². The Morgan fingerprint density at radius 3 is 2.52 bits per heavy atom. The van der Waals surface area contributed by atoms with E-state index in [0.717, 1.165) is 35.3 Å². The Labute approximate surface area is 270 Å². The van der Waals surface area contributed by atoms with E-state index >= 15 is 0 Å². The van der Waals surface area contributed by atoms with Gasteiger partial charge in [0.1, 0.15) is 11.9 Å². The van der Waals surface area contributed by atoms with Crippen LogP contribution in [0.2, 0.25) is 5.02 Å². The molecule has 11 nitrogen and oxygen atoms in total. The van der Waals surface area contributed by atoms with Crippen LogP contribution < -0.4 is 20.9 Å². The number of rotatable bonds is 6. The number of aliphatic hydroxyl groups is 1. The van der Waals surface area contributed by atoms with Gasteiger partial charge in [-0.1, -0.05) is 48.0 Å². The minimum atomic E-state index is -1.19. The smallest absolute Gasteiger partial charge is 0.323 e. The van der Waals surface area contributed by atoms with Gasteiger partial charge in [-0.3, -0.25) is 9.36 Å². The molecule has 240 valence electrons. The number of hydrogen-bond acceptors (Lipinski definition) is 8. The third-order valence-corrected chi connectivity index (χ3v) is 9.41. The number of primary amides is 1. The number of carbonyl (C=O) groups excluding carboxylic acids is 2. The maximum Gasteiger partial charge on any atom is 0.323 e. The number of carbonyl (C=O) groups is 2. The first-order chi connectivity index (χ1) is 22.3. The molecule has 4 N–H and O–H groups in total. The van der Waals surface area contributed by atoms with Gasteiger partial charge < -0.3 is 30.7 Å². The van der Waals surface area contributed by atoms with E-state index in [9.17, 15) is 19.1 Å². The van der Waals surface area contributed by atoms with Gasteiger partial charge in [0.05, 0.1) is 29.4 Å². The van der Waals surface area contributed by atoms with Crippen molar-refractivity contribution in [3.63, 3.8) is 0 Å². The van der Waals surface area contributed by atoms with Crippen molar-refractivity contribution in [2.24, 2.45) is 5.73 Å². The van der Waals surface area contributed by atoms with Gasteiger partial charge in [-0.25, -0.2) is 14.2 Å². The number of hydrazine groups is 1. The largest absolute Gasteiger partial charge is 0.378 e. The van der Waals surface area contributed by atoms with Crippen LogP contribution in [0, 0.1) is 5.82 Å². The molecule has 0 saturated carbocycles. The molecule has 7 rings (SSSR count). The molecule has 0 bridgehead atoms. The lowest BCUT2D eigenvalue weighted by Gasteiger charge is -2.46. The number of hydrogen-bond donors (Lipinski definition) is 3. The van der Waals surface area contributed by atoms with Crippen molar-refractivity contribution >= 4 is 45.8 Å². The summed E-state index contributed by atoms with van der Waals surface area (Å²) in [5.41, 5.74) is 10.4. The summed E-state index contributed by atoms with van der Waals surface area (Å²) in [5.74, 6) is -0.896. The standard InChI is InChI=1S/C33H35ClFN7O4/c34-26-3-1-2-23(30(26)35)19-37-31(43)27-10-11-39-12-13-40(33(45)42(27)39)29-20-41(32(36)44)28-18-22(6-9-25(28)29)21-4-7-24(8-5-21)38-14-16-46-17-15-38/h1-9,18,20,27,33,45H,10-17,19H2,(H2,36,44)(H,37,43)/t27-,33-/m0/s1. The highest BCUT2D eigenvalue weighted by atomic mass is 35.5. The predicted molar refractivity (Wildman–Crippen MR) is 174 cm³/mol. The van der Waals surface area contributed by atoms with E-state index in [1.165, 1.54) is 10.6 Å². The predicted octanol–water partition coefficient (Wildman–Crippen LogP) is 3.57. The van der Waals surface area contributed by atoms with Crippen molar-refractivity contribution < 1.29 is 23.8 Å². The molecule has 3 aliphatic heterocycles. The van der Waals surface area contributed by atoms with Crippen molar-refractivity contribution in [2.45, 2.75) is 25.4 Å². The first kappa shape index (κ1) is 30.5. The van der Waals surface area contributed by atoms with Gasteiger partial charge in [-0.2, -0.15) is 5.01 Å². The second-order valence-electron chi connectivity index (χ2n) is 11.7. The Kier molecular flexibility index (Phi) is 8.30. The first-order valence-corrected chi connectivity index (χ1v) is 15.7. The average molecular weight is 648 g/mol. The normalized spacial score (nSPS) is 20.7. The van der Waals surface area contributed by atoms with Crippen LogP contribution in [0.25, 0.3) is 22.0 Å². The molecule has 3 saturated heterocycles. The van der Waals surface area contributed by atoms with Crippen LogP contribution in [0.3, 0.4) is 0 Å². The lowest BCUT2D eigenvalue weighted by atomic mass is 10.0. The summed E-state index contributed by atoms with van der Waals surface area (Å²) < 4.78 is 21.3. The van der Waals surface area contributed by atoms with Crippen LogP contribution >= 0.6 is 11.6 Å². The van der Waals surface area contributed by atoms with E-state index in [0.29, 0.717) is 50.5 Å².